The molecule has 0 saturated heterocycles. The number of nitriles is 1. The van der Waals surface area contributed by atoms with Crippen LogP contribution < -0.4 is 0 Å². The van der Waals surface area contributed by atoms with Gasteiger partial charge in [0.15, 0.2) is 5.82 Å². The summed E-state index contributed by atoms with van der Waals surface area (Å²) in [5, 5.41) is 15.3. The Hall–Kier alpha value is -2.67. The van der Waals surface area contributed by atoms with Crippen LogP contribution in [0.1, 0.15) is 49.4 Å². The molecule has 4 nitrogen and oxygen atoms in total. The Balaban J connectivity index is 1.66. The molecule has 0 amide bonds. The SMILES string of the molecule is N#Cc1ccc2cc(-c3nc(C4CCCCC4)no3)ccc2c1. The first-order valence-electron chi connectivity index (χ1n) is 8.11. The highest BCUT2D eigenvalue weighted by atomic mass is 16.5. The van der Waals surface area contributed by atoms with Crippen molar-refractivity contribution in [3.8, 4) is 17.5 Å². The lowest BCUT2D eigenvalue weighted by Crippen LogP contribution is -2.06. The molecule has 0 radical (unpaired) electrons. The van der Waals surface area contributed by atoms with Gasteiger partial charge in [-0.1, -0.05) is 36.6 Å². The molecule has 1 saturated carbocycles. The van der Waals surface area contributed by atoms with Gasteiger partial charge in [-0.15, -0.1) is 0 Å². The summed E-state index contributed by atoms with van der Waals surface area (Å²) in [6.07, 6.45) is 6.15. The average Bonchev–Trinajstić information content (AvgIpc) is 3.11. The second kappa shape index (κ2) is 5.85. The zero-order chi connectivity index (χ0) is 15.6. The molecule has 1 aromatic heterocycles. The van der Waals surface area contributed by atoms with E-state index in [0.29, 0.717) is 17.4 Å². The molecule has 1 fully saturated rings. The first-order chi connectivity index (χ1) is 11.3. The second-order valence-corrected chi connectivity index (χ2v) is 6.18. The average molecular weight is 303 g/mol. The standard InChI is InChI=1S/C19H17N3O/c20-12-13-6-7-16-11-17(9-8-15(16)10-13)19-21-18(22-23-19)14-4-2-1-3-5-14/h6-11,14H,1-5H2. The summed E-state index contributed by atoms with van der Waals surface area (Å²) < 4.78 is 5.48. The fourth-order valence-electron chi connectivity index (χ4n) is 3.33. The van der Waals surface area contributed by atoms with Gasteiger partial charge in [0.25, 0.3) is 5.89 Å². The fraction of sp³-hybridized carbons (Fsp3) is 0.316. The molecule has 3 aromatic rings. The molecule has 0 spiro atoms. The van der Waals surface area contributed by atoms with E-state index in [9.17, 15) is 0 Å². The first kappa shape index (κ1) is 14.0. The van der Waals surface area contributed by atoms with E-state index < -0.39 is 0 Å². The number of nitrogens with zero attached hydrogens (tertiary/aromatic N) is 3. The molecule has 114 valence electrons. The van der Waals surface area contributed by atoms with E-state index in [0.717, 1.165) is 35.0 Å². The Bertz CT molecular complexity index is 885. The molecular weight excluding hydrogens is 286 g/mol. The molecule has 4 heteroatoms. The molecule has 1 aliphatic carbocycles. The molecule has 2 aromatic carbocycles. The molecule has 0 unspecified atom stereocenters. The molecule has 23 heavy (non-hydrogen) atoms. The van der Waals surface area contributed by atoms with Crippen LogP contribution in [0.25, 0.3) is 22.2 Å². The summed E-state index contributed by atoms with van der Waals surface area (Å²) in [4.78, 5) is 4.61. The maximum atomic E-state index is 8.97. The van der Waals surface area contributed by atoms with Crippen molar-refractivity contribution in [3.05, 3.63) is 47.8 Å². The van der Waals surface area contributed by atoms with Crippen molar-refractivity contribution in [2.24, 2.45) is 0 Å². The number of aromatic nitrogens is 2. The summed E-state index contributed by atoms with van der Waals surface area (Å²) in [6, 6.07) is 13.8. The third-order valence-corrected chi connectivity index (χ3v) is 4.63. The van der Waals surface area contributed by atoms with Crippen LogP contribution in [0.5, 0.6) is 0 Å². The largest absolute Gasteiger partial charge is 0.334 e. The molecule has 0 bridgehead atoms. The van der Waals surface area contributed by atoms with Crippen LogP contribution in [0.3, 0.4) is 0 Å². The Labute approximate surface area is 134 Å². The third-order valence-electron chi connectivity index (χ3n) is 4.63. The highest BCUT2D eigenvalue weighted by Gasteiger charge is 2.21. The minimum Gasteiger partial charge on any atom is -0.334 e. The second-order valence-electron chi connectivity index (χ2n) is 6.18. The van der Waals surface area contributed by atoms with Gasteiger partial charge in [-0.3, -0.25) is 0 Å². The monoisotopic (exact) mass is 303 g/mol. The smallest absolute Gasteiger partial charge is 0.257 e. The van der Waals surface area contributed by atoms with Crippen molar-refractivity contribution in [2.75, 3.05) is 0 Å². The minimum absolute atomic E-state index is 0.444. The Kier molecular flexibility index (Phi) is 3.55. The van der Waals surface area contributed by atoms with Crippen LogP contribution in [-0.2, 0) is 0 Å². The summed E-state index contributed by atoms with van der Waals surface area (Å²) >= 11 is 0. The number of hydrogen-bond acceptors (Lipinski definition) is 4. The lowest BCUT2D eigenvalue weighted by Gasteiger charge is -2.17. The van der Waals surface area contributed by atoms with Crippen LogP contribution >= 0.6 is 0 Å². The van der Waals surface area contributed by atoms with Gasteiger partial charge < -0.3 is 4.52 Å². The summed E-state index contributed by atoms with van der Waals surface area (Å²) in [6.45, 7) is 0. The van der Waals surface area contributed by atoms with Crippen molar-refractivity contribution in [2.45, 2.75) is 38.0 Å². The normalized spacial score (nSPS) is 15.6. The van der Waals surface area contributed by atoms with Gasteiger partial charge in [0.05, 0.1) is 11.6 Å². The lowest BCUT2D eigenvalue weighted by molar-refractivity contribution is 0.385. The number of hydrogen-bond donors (Lipinski definition) is 0. The van der Waals surface area contributed by atoms with Gasteiger partial charge in [0.2, 0.25) is 0 Å². The van der Waals surface area contributed by atoms with E-state index in [1.807, 2.05) is 36.4 Å². The van der Waals surface area contributed by atoms with Crippen LogP contribution in [0, 0.1) is 11.3 Å². The molecule has 1 aliphatic rings. The maximum absolute atomic E-state index is 8.97. The van der Waals surface area contributed by atoms with E-state index in [2.05, 4.69) is 16.2 Å². The van der Waals surface area contributed by atoms with Crippen molar-refractivity contribution in [3.63, 3.8) is 0 Å². The van der Waals surface area contributed by atoms with Gasteiger partial charge in [-0.05, 0) is 47.9 Å². The van der Waals surface area contributed by atoms with Crippen LogP contribution in [-0.4, -0.2) is 10.1 Å². The van der Waals surface area contributed by atoms with Crippen molar-refractivity contribution in [1.29, 1.82) is 5.26 Å². The van der Waals surface area contributed by atoms with Crippen molar-refractivity contribution < 1.29 is 4.52 Å². The first-order valence-corrected chi connectivity index (χ1v) is 8.11. The van der Waals surface area contributed by atoms with E-state index in [4.69, 9.17) is 9.78 Å². The number of benzene rings is 2. The minimum atomic E-state index is 0.444. The summed E-state index contributed by atoms with van der Waals surface area (Å²) in [5.41, 5.74) is 1.60. The van der Waals surface area contributed by atoms with E-state index in [1.54, 1.807) is 0 Å². The zero-order valence-electron chi connectivity index (χ0n) is 12.8. The highest BCUT2D eigenvalue weighted by Crippen LogP contribution is 2.32. The molecule has 4 rings (SSSR count). The molecule has 0 atom stereocenters. The van der Waals surface area contributed by atoms with Gasteiger partial charge in [-0.2, -0.15) is 10.2 Å². The predicted molar refractivity (Wildman–Crippen MR) is 87.8 cm³/mol. The van der Waals surface area contributed by atoms with Crippen LogP contribution in [0.15, 0.2) is 40.9 Å². The molecular formula is C19H17N3O. The van der Waals surface area contributed by atoms with Gasteiger partial charge in [0.1, 0.15) is 0 Å². The Morgan fingerprint density at radius 1 is 1.00 bits per heavy atom. The van der Waals surface area contributed by atoms with E-state index >= 15 is 0 Å². The van der Waals surface area contributed by atoms with Gasteiger partial charge in [0, 0.05) is 11.5 Å². The molecule has 1 heterocycles. The Morgan fingerprint density at radius 3 is 2.61 bits per heavy atom. The lowest BCUT2D eigenvalue weighted by atomic mass is 9.89. The van der Waals surface area contributed by atoms with Crippen LogP contribution in [0.4, 0.5) is 0 Å². The fourth-order valence-corrected chi connectivity index (χ4v) is 3.33. The maximum Gasteiger partial charge on any atom is 0.257 e. The van der Waals surface area contributed by atoms with Crippen molar-refractivity contribution in [1.82, 2.24) is 10.1 Å². The van der Waals surface area contributed by atoms with E-state index in [-0.39, 0.29) is 0 Å². The summed E-state index contributed by atoms with van der Waals surface area (Å²) in [7, 11) is 0. The van der Waals surface area contributed by atoms with Gasteiger partial charge >= 0.3 is 0 Å². The molecule has 0 N–H and O–H groups in total. The van der Waals surface area contributed by atoms with Crippen molar-refractivity contribution >= 4 is 10.8 Å². The third kappa shape index (κ3) is 2.70. The molecule has 0 aliphatic heterocycles. The van der Waals surface area contributed by atoms with Gasteiger partial charge in [-0.25, -0.2) is 0 Å². The quantitative estimate of drug-likeness (QED) is 0.681. The number of rotatable bonds is 2. The van der Waals surface area contributed by atoms with E-state index in [1.165, 1.54) is 19.3 Å². The highest BCUT2D eigenvalue weighted by molar-refractivity contribution is 5.87. The zero-order valence-corrected chi connectivity index (χ0v) is 12.8. The predicted octanol–water partition coefficient (Wildman–Crippen LogP) is 4.81. The summed E-state index contributed by atoms with van der Waals surface area (Å²) in [5.74, 6) is 1.87. The topological polar surface area (TPSA) is 62.7 Å². The van der Waals surface area contributed by atoms with Crippen LogP contribution in [0.2, 0.25) is 0 Å². The Morgan fingerprint density at radius 2 is 1.78 bits per heavy atom. The number of fused-ring (bicyclic) bond motifs is 1.